The number of benzene rings is 1. The highest BCUT2D eigenvalue weighted by Crippen LogP contribution is 2.31. The van der Waals surface area contributed by atoms with E-state index in [4.69, 9.17) is 11.6 Å². The van der Waals surface area contributed by atoms with Crippen LogP contribution in [0.1, 0.15) is 11.1 Å². The first-order valence-corrected chi connectivity index (χ1v) is 6.39. The van der Waals surface area contributed by atoms with E-state index in [1.807, 2.05) is 44.3 Å². The van der Waals surface area contributed by atoms with Gasteiger partial charge < -0.3 is 5.32 Å². The molecule has 88 valence electrons. The summed E-state index contributed by atoms with van der Waals surface area (Å²) in [5.41, 5.74) is 3.09. The molecule has 0 bridgehead atoms. The van der Waals surface area contributed by atoms with Crippen LogP contribution in [0.3, 0.4) is 0 Å². The highest BCUT2D eigenvalue weighted by molar-refractivity contribution is 9.10. The van der Waals surface area contributed by atoms with Crippen LogP contribution in [0.25, 0.3) is 0 Å². The Balaban J connectivity index is 2.38. The molecule has 1 N–H and O–H groups in total. The molecule has 0 fully saturated rings. The average molecular weight is 312 g/mol. The maximum Gasteiger partial charge on any atom is 0.144 e. The summed E-state index contributed by atoms with van der Waals surface area (Å²) in [5, 5.41) is 3.94. The predicted octanol–water partition coefficient (Wildman–Crippen LogP) is 4.86. The van der Waals surface area contributed by atoms with Crippen LogP contribution in [0.5, 0.6) is 0 Å². The summed E-state index contributed by atoms with van der Waals surface area (Å²) in [4.78, 5) is 4.34. The summed E-state index contributed by atoms with van der Waals surface area (Å²) in [6, 6.07) is 7.82. The summed E-state index contributed by atoms with van der Waals surface area (Å²) >= 11 is 9.64. The zero-order valence-corrected chi connectivity index (χ0v) is 11.9. The van der Waals surface area contributed by atoms with E-state index in [0.717, 1.165) is 27.1 Å². The van der Waals surface area contributed by atoms with Crippen molar-refractivity contribution in [1.82, 2.24) is 4.98 Å². The number of nitrogens with one attached hydrogen (secondary N) is 1. The van der Waals surface area contributed by atoms with E-state index in [1.165, 1.54) is 0 Å². The monoisotopic (exact) mass is 310 g/mol. The van der Waals surface area contributed by atoms with Gasteiger partial charge in [0.1, 0.15) is 5.82 Å². The number of nitrogens with zero attached hydrogens (tertiary/aromatic N) is 1. The third-order valence-electron chi connectivity index (χ3n) is 2.44. The standard InChI is InChI=1S/C13H12BrClN2/c1-8-6-10(14)13(16-7-8)17-12-9(2)4-3-5-11(12)15/h3-7H,1-2H3,(H,16,17). The van der Waals surface area contributed by atoms with Crippen molar-refractivity contribution in [3.05, 3.63) is 51.1 Å². The van der Waals surface area contributed by atoms with Crippen LogP contribution in [-0.4, -0.2) is 4.98 Å². The smallest absolute Gasteiger partial charge is 0.144 e. The molecule has 0 radical (unpaired) electrons. The minimum Gasteiger partial charge on any atom is -0.338 e. The molecule has 0 aliphatic carbocycles. The molecule has 0 saturated carbocycles. The van der Waals surface area contributed by atoms with Crippen molar-refractivity contribution in [2.24, 2.45) is 0 Å². The van der Waals surface area contributed by atoms with Gasteiger partial charge in [-0.3, -0.25) is 0 Å². The minimum absolute atomic E-state index is 0.694. The third kappa shape index (κ3) is 2.79. The molecule has 0 unspecified atom stereocenters. The van der Waals surface area contributed by atoms with E-state index in [1.54, 1.807) is 0 Å². The van der Waals surface area contributed by atoms with Gasteiger partial charge in [0.2, 0.25) is 0 Å². The lowest BCUT2D eigenvalue weighted by atomic mass is 10.2. The Morgan fingerprint density at radius 3 is 2.71 bits per heavy atom. The van der Waals surface area contributed by atoms with Crippen molar-refractivity contribution in [1.29, 1.82) is 0 Å². The second-order valence-electron chi connectivity index (χ2n) is 3.90. The summed E-state index contributed by atoms with van der Waals surface area (Å²) in [6.07, 6.45) is 1.82. The molecule has 2 nitrogen and oxygen atoms in total. The molecule has 0 amide bonds. The lowest BCUT2D eigenvalue weighted by Crippen LogP contribution is -1.97. The van der Waals surface area contributed by atoms with E-state index in [2.05, 4.69) is 26.2 Å². The van der Waals surface area contributed by atoms with Crippen LogP contribution in [0.2, 0.25) is 5.02 Å². The van der Waals surface area contributed by atoms with Gasteiger partial charge in [-0.1, -0.05) is 23.7 Å². The number of anilines is 2. The van der Waals surface area contributed by atoms with E-state index < -0.39 is 0 Å². The van der Waals surface area contributed by atoms with Gasteiger partial charge in [0.25, 0.3) is 0 Å². The number of pyridine rings is 1. The van der Waals surface area contributed by atoms with Gasteiger partial charge in [-0.2, -0.15) is 0 Å². The molecule has 2 aromatic rings. The van der Waals surface area contributed by atoms with Crippen molar-refractivity contribution >= 4 is 39.0 Å². The fraction of sp³-hybridized carbons (Fsp3) is 0.154. The first kappa shape index (κ1) is 12.4. The van der Waals surface area contributed by atoms with Gasteiger partial charge in [-0.05, 0) is 53.0 Å². The fourth-order valence-electron chi connectivity index (χ4n) is 1.53. The van der Waals surface area contributed by atoms with E-state index in [-0.39, 0.29) is 0 Å². The largest absolute Gasteiger partial charge is 0.338 e. The van der Waals surface area contributed by atoms with Crippen molar-refractivity contribution in [2.45, 2.75) is 13.8 Å². The quantitative estimate of drug-likeness (QED) is 0.857. The Morgan fingerprint density at radius 2 is 2.06 bits per heavy atom. The van der Waals surface area contributed by atoms with Crippen LogP contribution in [-0.2, 0) is 0 Å². The SMILES string of the molecule is Cc1cnc(Nc2c(C)cccc2Cl)c(Br)c1. The molecular formula is C13H12BrClN2. The molecule has 0 aliphatic rings. The first-order chi connectivity index (χ1) is 8.08. The first-order valence-electron chi connectivity index (χ1n) is 5.22. The molecular weight excluding hydrogens is 300 g/mol. The number of aromatic nitrogens is 1. The summed E-state index contributed by atoms with van der Waals surface area (Å²) < 4.78 is 0.928. The second kappa shape index (κ2) is 5.07. The van der Waals surface area contributed by atoms with Gasteiger partial charge in [-0.25, -0.2) is 4.98 Å². The van der Waals surface area contributed by atoms with Crippen molar-refractivity contribution < 1.29 is 0 Å². The van der Waals surface area contributed by atoms with Crippen LogP contribution < -0.4 is 5.32 Å². The number of hydrogen-bond donors (Lipinski definition) is 1. The summed E-state index contributed by atoms with van der Waals surface area (Å²) in [7, 11) is 0. The lowest BCUT2D eigenvalue weighted by molar-refractivity contribution is 1.24. The predicted molar refractivity (Wildman–Crippen MR) is 76.1 cm³/mol. The molecule has 0 saturated heterocycles. The molecule has 0 spiro atoms. The van der Waals surface area contributed by atoms with Gasteiger partial charge in [0.15, 0.2) is 0 Å². The summed E-state index contributed by atoms with van der Waals surface area (Å²) in [6.45, 7) is 4.01. The minimum atomic E-state index is 0.694. The molecule has 1 heterocycles. The van der Waals surface area contributed by atoms with Gasteiger partial charge in [0, 0.05) is 6.20 Å². The number of aryl methyl sites for hydroxylation is 2. The van der Waals surface area contributed by atoms with Gasteiger partial charge >= 0.3 is 0 Å². The molecule has 1 aromatic carbocycles. The Bertz CT molecular complexity index is 535. The highest BCUT2D eigenvalue weighted by Gasteiger charge is 2.07. The zero-order chi connectivity index (χ0) is 12.4. The Morgan fingerprint density at radius 1 is 1.29 bits per heavy atom. The molecule has 2 rings (SSSR count). The highest BCUT2D eigenvalue weighted by atomic mass is 79.9. The number of halogens is 2. The van der Waals surface area contributed by atoms with Crippen LogP contribution >= 0.6 is 27.5 Å². The van der Waals surface area contributed by atoms with Crippen LogP contribution in [0.15, 0.2) is 34.9 Å². The van der Waals surface area contributed by atoms with Gasteiger partial charge in [-0.15, -0.1) is 0 Å². The maximum atomic E-state index is 6.16. The topological polar surface area (TPSA) is 24.9 Å². The van der Waals surface area contributed by atoms with E-state index in [0.29, 0.717) is 5.02 Å². The Kier molecular flexibility index (Phi) is 3.69. The number of hydrogen-bond acceptors (Lipinski definition) is 2. The van der Waals surface area contributed by atoms with E-state index >= 15 is 0 Å². The number of para-hydroxylation sites is 1. The van der Waals surface area contributed by atoms with Crippen molar-refractivity contribution in [2.75, 3.05) is 5.32 Å². The average Bonchev–Trinajstić information content (AvgIpc) is 2.26. The molecule has 0 aliphatic heterocycles. The van der Waals surface area contributed by atoms with Crippen LogP contribution in [0, 0.1) is 13.8 Å². The molecule has 1 aromatic heterocycles. The third-order valence-corrected chi connectivity index (χ3v) is 3.36. The second-order valence-corrected chi connectivity index (χ2v) is 5.16. The molecule has 4 heteroatoms. The lowest BCUT2D eigenvalue weighted by Gasteiger charge is -2.12. The Labute approximate surface area is 114 Å². The Hall–Kier alpha value is -1.06. The molecule has 17 heavy (non-hydrogen) atoms. The number of rotatable bonds is 2. The van der Waals surface area contributed by atoms with Crippen molar-refractivity contribution in [3.8, 4) is 0 Å². The zero-order valence-electron chi connectivity index (χ0n) is 9.59. The van der Waals surface area contributed by atoms with Crippen molar-refractivity contribution in [3.63, 3.8) is 0 Å². The maximum absolute atomic E-state index is 6.16. The van der Waals surface area contributed by atoms with E-state index in [9.17, 15) is 0 Å². The summed E-state index contributed by atoms with van der Waals surface area (Å²) in [5.74, 6) is 0.770. The normalized spacial score (nSPS) is 10.4. The fourth-order valence-corrected chi connectivity index (χ4v) is 2.37. The van der Waals surface area contributed by atoms with Gasteiger partial charge in [0.05, 0.1) is 15.2 Å². The molecule has 0 atom stereocenters. The van der Waals surface area contributed by atoms with Crippen LogP contribution in [0.4, 0.5) is 11.5 Å².